The van der Waals surface area contributed by atoms with Crippen LogP contribution in [0.3, 0.4) is 0 Å². The maximum absolute atomic E-state index is 13.2. The van der Waals surface area contributed by atoms with Crippen molar-refractivity contribution < 1.29 is 31.1 Å². The summed E-state index contributed by atoms with van der Waals surface area (Å²) in [5, 5.41) is 2.16. The summed E-state index contributed by atoms with van der Waals surface area (Å²) < 4.78 is 73.9. The summed E-state index contributed by atoms with van der Waals surface area (Å²) in [4.78, 5) is 32.9. The summed E-state index contributed by atoms with van der Waals surface area (Å²) in [6.45, 7) is 1.78. The smallest absolute Gasteiger partial charge is 0.416 e. The molecule has 1 atom stereocenters. The molecule has 0 aliphatic carbocycles. The number of nitrogens with zero attached hydrogens (tertiary/aromatic N) is 3. The maximum atomic E-state index is 13.2. The van der Waals surface area contributed by atoms with E-state index >= 15 is 0 Å². The average molecular weight is 610 g/mol. The third kappa shape index (κ3) is 6.28. The van der Waals surface area contributed by atoms with Gasteiger partial charge in [-0.15, -0.1) is 0 Å². The van der Waals surface area contributed by atoms with Crippen molar-refractivity contribution in [2.45, 2.75) is 24.5 Å². The van der Waals surface area contributed by atoms with Crippen LogP contribution in [0, 0.1) is 5.92 Å². The summed E-state index contributed by atoms with van der Waals surface area (Å²) in [5.41, 5.74) is -0.331. The number of alkyl halides is 3. The Morgan fingerprint density at radius 1 is 1.12 bits per heavy atom. The minimum absolute atomic E-state index is 0.105. The van der Waals surface area contributed by atoms with Gasteiger partial charge in [0.2, 0.25) is 11.8 Å². The molecule has 2 aromatic carbocycles. The van der Waals surface area contributed by atoms with Crippen molar-refractivity contribution in [3.8, 4) is 17.0 Å². The fourth-order valence-electron chi connectivity index (χ4n) is 4.03. The van der Waals surface area contributed by atoms with Crippen LogP contribution in [-0.4, -0.2) is 43.0 Å². The highest BCUT2D eigenvalue weighted by Crippen LogP contribution is 2.35. The third-order valence-corrected chi connectivity index (χ3v) is 8.01. The second kappa shape index (κ2) is 11.4. The molecule has 0 aliphatic rings. The number of carbonyl (C=O) groups excluding carboxylic acids is 1. The van der Waals surface area contributed by atoms with Crippen LogP contribution in [0.4, 0.5) is 18.9 Å². The molecule has 0 bridgehead atoms. The molecule has 2 aromatic heterocycles. The van der Waals surface area contributed by atoms with Gasteiger partial charge in [-0.2, -0.15) is 13.2 Å². The van der Waals surface area contributed by atoms with Crippen LogP contribution < -0.4 is 20.3 Å². The number of benzene rings is 2. The molecule has 2 heterocycles. The fourth-order valence-corrected chi connectivity index (χ4v) is 5.63. The second-order valence-electron chi connectivity index (χ2n) is 8.98. The van der Waals surface area contributed by atoms with E-state index in [1.807, 2.05) is 0 Å². The fraction of sp³-hybridized carbons (Fsp3) is 0.231. The zero-order valence-electron chi connectivity index (χ0n) is 21.8. The molecule has 1 amide bonds. The number of pyridine rings is 1. The Kier molecular flexibility index (Phi) is 8.27. The molecule has 0 saturated heterocycles. The highest BCUT2D eigenvalue weighted by Gasteiger charge is 2.32. The maximum Gasteiger partial charge on any atom is 0.416 e. The van der Waals surface area contributed by atoms with E-state index in [-0.39, 0.29) is 35.0 Å². The Balaban J connectivity index is 1.72. The first-order valence-electron chi connectivity index (χ1n) is 11.9. The molecule has 10 nitrogen and oxygen atoms in total. The van der Waals surface area contributed by atoms with Gasteiger partial charge in [-0.25, -0.2) is 18.4 Å². The first-order valence-corrected chi connectivity index (χ1v) is 13.8. The molecule has 2 N–H and O–H groups in total. The number of amides is 1. The zero-order chi connectivity index (χ0) is 30.1. The molecule has 216 valence electrons. The molecular formula is C26H23ClF3N5O5S. The molecule has 4 rings (SSSR count). The van der Waals surface area contributed by atoms with Crippen LogP contribution in [0.2, 0.25) is 5.02 Å². The SMILES string of the molecule is CNC(=O)C(C)Cn1cnc2ccc(-c3cnc(OC)c(NS(=O)(=O)c4ccc(C(F)(F)F)cc4Cl)c3)cc2c1=O. The minimum Gasteiger partial charge on any atom is -0.480 e. The van der Waals surface area contributed by atoms with Gasteiger partial charge in [-0.3, -0.25) is 18.9 Å². The summed E-state index contributed by atoms with van der Waals surface area (Å²) in [6, 6.07) is 8.09. The lowest BCUT2D eigenvalue weighted by Gasteiger charge is -2.15. The van der Waals surface area contributed by atoms with Gasteiger partial charge >= 0.3 is 6.18 Å². The van der Waals surface area contributed by atoms with E-state index in [4.69, 9.17) is 16.3 Å². The summed E-state index contributed by atoms with van der Waals surface area (Å²) in [5.74, 6) is -0.837. The Morgan fingerprint density at radius 3 is 2.49 bits per heavy atom. The van der Waals surface area contributed by atoms with Gasteiger partial charge in [-0.1, -0.05) is 24.6 Å². The van der Waals surface area contributed by atoms with Gasteiger partial charge in [0.25, 0.3) is 15.6 Å². The molecule has 0 spiro atoms. The van der Waals surface area contributed by atoms with Crippen LogP contribution in [0.25, 0.3) is 22.0 Å². The predicted molar refractivity (Wildman–Crippen MR) is 146 cm³/mol. The van der Waals surface area contributed by atoms with E-state index in [1.54, 1.807) is 25.1 Å². The number of carbonyl (C=O) groups is 1. The van der Waals surface area contributed by atoms with Crippen molar-refractivity contribution in [1.82, 2.24) is 19.9 Å². The lowest BCUT2D eigenvalue weighted by molar-refractivity contribution is -0.137. The van der Waals surface area contributed by atoms with E-state index in [9.17, 15) is 31.2 Å². The van der Waals surface area contributed by atoms with Crippen LogP contribution >= 0.6 is 11.6 Å². The summed E-state index contributed by atoms with van der Waals surface area (Å²) >= 11 is 5.90. The lowest BCUT2D eigenvalue weighted by atomic mass is 10.0. The number of rotatable bonds is 8. The molecule has 4 aromatic rings. The first-order chi connectivity index (χ1) is 19.2. The molecular weight excluding hydrogens is 587 g/mol. The largest absolute Gasteiger partial charge is 0.480 e. The standard InChI is InChI=1S/C26H23ClF3N5O5S/c1-14(23(36)31-2)12-35-13-33-20-6-4-15(8-18(20)25(35)37)16-9-21(24(40-3)32-11-16)34-41(38,39)22-7-5-17(10-19(22)27)26(28,29)30/h4-11,13-14,34H,12H2,1-3H3,(H,31,36). The normalized spacial score (nSPS) is 12.7. The molecule has 1 unspecified atom stereocenters. The van der Waals surface area contributed by atoms with E-state index in [1.165, 1.54) is 37.3 Å². The molecule has 0 radical (unpaired) electrons. The molecule has 0 fully saturated rings. The number of halogens is 4. The first kappa shape index (κ1) is 29.8. The average Bonchev–Trinajstić information content (AvgIpc) is 2.93. The minimum atomic E-state index is -4.71. The Hall–Kier alpha value is -4.17. The monoisotopic (exact) mass is 609 g/mol. The third-order valence-electron chi connectivity index (χ3n) is 6.16. The number of aromatic nitrogens is 3. The van der Waals surface area contributed by atoms with Crippen molar-refractivity contribution in [2.24, 2.45) is 5.92 Å². The van der Waals surface area contributed by atoms with Crippen molar-refractivity contribution in [2.75, 3.05) is 18.9 Å². The quantitative estimate of drug-likeness (QED) is 0.304. The second-order valence-corrected chi connectivity index (χ2v) is 11.0. The topological polar surface area (TPSA) is 132 Å². The van der Waals surface area contributed by atoms with E-state index in [2.05, 4.69) is 20.0 Å². The van der Waals surface area contributed by atoms with Crippen molar-refractivity contribution in [1.29, 1.82) is 0 Å². The number of methoxy groups -OCH3 is 1. The number of hydrogen-bond donors (Lipinski definition) is 2. The Labute approximate surface area is 237 Å². The van der Waals surface area contributed by atoms with Gasteiger partial charge in [0.15, 0.2) is 0 Å². The lowest BCUT2D eigenvalue weighted by Crippen LogP contribution is -2.32. The van der Waals surface area contributed by atoms with Gasteiger partial charge in [0, 0.05) is 25.4 Å². The van der Waals surface area contributed by atoms with Crippen LogP contribution in [0.1, 0.15) is 12.5 Å². The van der Waals surface area contributed by atoms with Gasteiger partial charge in [-0.05, 0) is 42.0 Å². The van der Waals surface area contributed by atoms with Gasteiger partial charge in [0.1, 0.15) is 10.6 Å². The van der Waals surface area contributed by atoms with E-state index < -0.39 is 37.6 Å². The summed E-state index contributed by atoms with van der Waals surface area (Å²) in [6.07, 6.45) is -1.95. The van der Waals surface area contributed by atoms with Crippen molar-refractivity contribution in [3.05, 3.63) is 75.9 Å². The van der Waals surface area contributed by atoms with Gasteiger partial charge < -0.3 is 10.1 Å². The Bertz CT molecular complexity index is 1810. The van der Waals surface area contributed by atoms with Gasteiger partial charge in [0.05, 0.1) is 40.8 Å². The number of nitrogens with one attached hydrogen (secondary N) is 2. The summed E-state index contributed by atoms with van der Waals surface area (Å²) in [7, 11) is -1.71. The predicted octanol–water partition coefficient (Wildman–Crippen LogP) is 4.32. The number of ether oxygens (including phenoxy) is 1. The zero-order valence-corrected chi connectivity index (χ0v) is 23.4. The highest BCUT2D eigenvalue weighted by molar-refractivity contribution is 7.92. The Morgan fingerprint density at radius 2 is 1.85 bits per heavy atom. The number of sulfonamides is 1. The number of anilines is 1. The van der Waals surface area contributed by atoms with Crippen LogP contribution in [0.5, 0.6) is 5.88 Å². The highest BCUT2D eigenvalue weighted by atomic mass is 35.5. The van der Waals surface area contributed by atoms with E-state index in [0.29, 0.717) is 28.8 Å². The molecule has 41 heavy (non-hydrogen) atoms. The van der Waals surface area contributed by atoms with Crippen molar-refractivity contribution in [3.63, 3.8) is 0 Å². The van der Waals surface area contributed by atoms with E-state index in [0.717, 1.165) is 6.07 Å². The van der Waals surface area contributed by atoms with Crippen LogP contribution in [-0.2, 0) is 27.5 Å². The van der Waals surface area contributed by atoms with Crippen molar-refractivity contribution >= 4 is 44.1 Å². The molecule has 0 aliphatic heterocycles. The molecule has 0 saturated carbocycles. The molecule has 15 heteroatoms. The van der Waals surface area contributed by atoms with Crippen LogP contribution in [0.15, 0.2) is 64.7 Å². The number of fused-ring (bicyclic) bond motifs is 1. The number of hydrogen-bond acceptors (Lipinski definition) is 7.